The summed E-state index contributed by atoms with van der Waals surface area (Å²) in [6.45, 7) is 17.3. The number of rotatable bonds is 9. The van der Waals surface area contributed by atoms with Crippen molar-refractivity contribution < 1.29 is 19.5 Å². The average Bonchev–Trinajstić information content (AvgIpc) is 2.67. The molecular formula is C25H45N3O4. The lowest BCUT2D eigenvalue weighted by molar-refractivity contribution is -0.142. The number of nitrogens with zero attached hydrogens (tertiary/aromatic N) is 2. The van der Waals surface area contributed by atoms with Gasteiger partial charge in [-0.3, -0.25) is 14.5 Å². The van der Waals surface area contributed by atoms with Crippen LogP contribution >= 0.6 is 0 Å². The van der Waals surface area contributed by atoms with Gasteiger partial charge in [0.05, 0.1) is 12.1 Å². The van der Waals surface area contributed by atoms with E-state index in [0.717, 1.165) is 32.4 Å². The zero-order chi connectivity index (χ0) is 24.8. The predicted octanol–water partition coefficient (Wildman–Crippen LogP) is 3.54. The van der Waals surface area contributed by atoms with Gasteiger partial charge in [-0.15, -0.1) is 0 Å². The van der Waals surface area contributed by atoms with Crippen LogP contribution in [0.3, 0.4) is 0 Å². The van der Waals surface area contributed by atoms with Crippen LogP contribution in [0.5, 0.6) is 0 Å². The Bertz CT molecular complexity index is 694. The molecule has 7 nitrogen and oxygen atoms in total. The molecule has 0 spiro atoms. The Kier molecular flexibility index (Phi) is 10.4. The molecule has 3 atom stereocenters. The third-order valence-corrected chi connectivity index (χ3v) is 6.15. The van der Waals surface area contributed by atoms with E-state index in [1.54, 1.807) is 18.0 Å². The van der Waals surface area contributed by atoms with Crippen molar-refractivity contribution in [1.29, 1.82) is 0 Å². The summed E-state index contributed by atoms with van der Waals surface area (Å²) in [6, 6.07) is -1.31. The third kappa shape index (κ3) is 7.91. The minimum absolute atomic E-state index is 0.0226. The predicted molar refractivity (Wildman–Crippen MR) is 128 cm³/mol. The van der Waals surface area contributed by atoms with E-state index in [-0.39, 0.29) is 35.4 Å². The van der Waals surface area contributed by atoms with E-state index in [2.05, 4.69) is 24.1 Å². The van der Waals surface area contributed by atoms with Crippen molar-refractivity contribution in [3.63, 3.8) is 0 Å². The van der Waals surface area contributed by atoms with Crippen LogP contribution in [0.15, 0.2) is 11.6 Å². The summed E-state index contributed by atoms with van der Waals surface area (Å²) >= 11 is 0. The monoisotopic (exact) mass is 451 g/mol. The van der Waals surface area contributed by atoms with Crippen molar-refractivity contribution in [3.8, 4) is 0 Å². The van der Waals surface area contributed by atoms with Gasteiger partial charge in [0.1, 0.15) is 6.04 Å². The zero-order valence-corrected chi connectivity index (χ0v) is 21.6. The highest BCUT2D eigenvalue weighted by Crippen LogP contribution is 2.25. The molecule has 2 amide bonds. The molecular weight excluding hydrogens is 406 g/mol. The molecule has 1 heterocycles. The molecule has 1 aliphatic rings. The number of carbonyl (C=O) groups excluding carboxylic acids is 2. The summed E-state index contributed by atoms with van der Waals surface area (Å²) in [4.78, 5) is 42.1. The molecule has 0 aromatic heterocycles. The van der Waals surface area contributed by atoms with E-state index in [4.69, 9.17) is 0 Å². The number of piperidine rings is 1. The van der Waals surface area contributed by atoms with Crippen molar-refractivity contribution in [3.05, 3.63) is 11.6 Å². The Morgan fingerprint density at radius 1 is 1.16 bits per heavy atom. The fourth-order valence-electron chi connectivity index (χ4n) is 4.29. The number of likely N-dealkylation sites (tertiary alicyclic amines) is 1. The molecule has 7 heteroatoms. The first-order valence-electron chi connectivity index (χ1n) is 11.9. The van der Waals surface area contributed by atoms with Crippen LogP contribution in [-0.4, -0.2) is 71.0 Å². The van der Waals surface area contributed by atoms with Gasteiger partial charge in [0.15, 0.2) is 0 Å². The van der Waals surface area contributed by atoms with Crippen LogP contribution in [0.25, 0.3) is 0 Å². The van der Waals surface area contributed by atoms with Gasteiger partial charge in [0.2, 0.25) is 11.8 Å². The summed E-state index contributed by atoms with van der Waals surface area (Å²) in [5, 5.41) is 12.4. The maximum atomic E-state index is 13.6. The number of hydrogen-bond acceptors (Lipinski definition) is 4. The summed E-state index contributed by atoms with van der Waals surface area (Å²) < 4.78 is 0. The van der Waals surface area contributed by atoms with Crippen LogP contribution in [0.2, 0.25) is 0 Å². The third-order valence-electron chi connectivity index (χ3n) is 6.15. The fourth-order valence-corrected chi connectivity index (χ4v) is 4.29. The number of amides is 2. The number of nitrogens with one attached hydrogen (secondary N) is 1. The normalized spacial score (nSPS) is 20.2. The molecule has 1 fully saturated rings. The maximum absolute atomic E-state index is 13.6. The lowest BCUT2D eigenvalue weighted by atomic mass is 9.84. The van der Waals surface area contributed by atoms with Crippen LogP contribution in [0.4, 0.5) is 0 Å². The van der Waals surface area contributed by atoms with Crippen molar-refractivity contribution >= 4 is 17.8 Å². The number of hydrogen-bond donors (Lipinski definition) is 2. The van der Waals surface area contributed by atoms with Gasteiger partial charge in [0.25, 0.3) is 0 Å². The highest BCUT2D eigenvalue weighted by atomic mass is 16.4. The molecule has 1 saturated heterocycles. The Hall–Kier alpha value is -1.89. The molecule has 1 aliphatic heterocycles. The second-order valence-electron chi connectivity index (χ2n) is 11.0. The first-order valence-corrected chi connectivity index (χ1v) is 11.9. The molecule has 0 bridgehead atoms. The van der Waals surface area contributed by atoms with Gasteiger partial charge in [-0.05, 0) is 43.6 Å². The van der Waals surface area contributed by atoms with E-state index in [1.807, 2.05) is 34.6 Å². The SMILES string of the molecule is C/C(=C\C(C(C)C)N(C)C(=O)C(NC(=O)C1CCCCN1CC(C)C)C(C)(C)C)C(=O)O. The summed E-state index contributed by atoms with van der Waals surface area (Å²) in [7, 11) is 1.69. The van der Waals surface area contributed by atoms with Gasteiger partial charge in [-0.2, -0.15) is 0 Å². The lowest BCUT2D eigenvalue weighted by Gasteiger charge is -2.40. The van der Waals surface area contributed by atoms with E-state index in [9.17, 15) is 19.5 Å². The number of likely N-dealkylation sites (N-methyl/N-ethyl adjacent to an activating group) is 1. The molecule has 32 heavy (non-hydrogen) atoms. The largest absolute Gasteiger partial charge is 0.478 e. The van der Waals surface area contributed by atoms with Crippen molar-refractivity contribution in [2.45, 2.75) is 92.8 Å². The zero-order valence-electron chi connectivity index (χ0n) is 21.6. The number of aliphatic carboxylic acids is 1. The van der Waals surface area contributed by atoms with Gasteiger partial charge >= 0.3 is 5.97 Å². The van der Waals surface area contributed by atoms with Crippen molar-refractivity contribution in [2.24, 2.45) is 17.3 Å². The number of carbonyl (C=O) groups is 3. The lowest BCUT2D eigenvalue weighted by Crippen LogP contribution is -2.60. The second-order valence-corrected chi connectivity index (χ2v) is 11.0. The maximum Gasteiger partial charge on any atom is 0.331 e. The van der Waals surface area contributed by atoms with Gasteiger partial charge in [-0.1, -0.05) is 61.0 Å². The van der Waals surface area contributed by atoms with Gasteiger partial charge < -0.3 is 15.3 Å². The summed E-state index contributed by atoms with van der Waals surface area (Å²) in [5.41, 5.74) is -0.294. The fraction of sp³-hybridized carbons (Fsp3) is 0.800. The van der Waals surface area contributed by atoms with Crippen LogP contribution in [0, 0.1) is 17.3 Å². The van der Waals surface area contributed by atoms with Crippen LogP contribution in [-0.2, 0) is 14.4 Å². The number of carboxylic acid groups (broad SMARTS) is 1. The first-order chi connectivity index (χ1) is 14.7. The Morgan fingerprint density at radius 3 is 2.22 bits per heavy atom. The molecule has 2 N–H and O–H groups in total. The second kappa shape index (κ2) is 11.8. The molecule has 3 unspecified atom stereocenters. The minimum atomic E-state index is -1.00. The molecule has 0 radical (unpaired) electrons. The molecule has 1 rings (SSSR count). The average molecular weight is 452 g/mol. The molecule has 0 aliphatic carbocycles. The standard InChI is InChI=1S/C25H45N3O4/c1-16(2)15-28-13-11-10-12-19(28)22(29)26-21(25(6,7)8)23(30)27(9)20(17(3)4)14-18(5)24(31)32/h14,16-17,19-21H,10-13,15H2,1-9H3,(H,26,29)(H,31,32)/b18-14+. The Labute approximate surface area is 194 Å². The molecule has 184 valence electrons. The van der Waals surface area contributed by atoms with Gasteiger partial charge in [-0.25, -0.2) is 4.79 Å². The van der Waals surface area contributed by atoms with Gasteiger partial charge in [0, 0.05) is 19.2 Å². The minimum Gasteiger partial charge on any atom is -0.478 e. The Balaban J connectivity index is 3.13. The quantitative estimate of drug-likeness (QED) is 0.523. The van der Waals surface area contributed by atoms with Crippen molar-refractivity contribution in [2.75, 3.05) is 20.1 Å². The van der Waals surface area contributed by atoms with E-state index in [0.29, 0.717) is 5.92 Å². The first kappa shape index (κ1) is 28.1. The molecule has 0 aromatic carbocycles. The summed E-state index contributed by atoms with van der Waals surface area (Å²) in [6.07, 6.45) is 4.52. The molecule has 0 saturated carbocycles. The van der Waals surface area contributed by atoms with E-state index < -0.39 is 17.4 Å². The molecule has 0 aromatic rings. The van der Waals surface area contributed by atoms with E-state index >= 15 is 0 Å². The number of carboxylic acids is 1. The van der Waals surface area contributed by atoms with Crippen LogP contribution in [0.1, 0.15) is 74.7 Å². The highest BCUT2D eigenvalue weighted by molar-refractivity contribution is 5.91. The highest BCUT2D eigenvalue weighted by Gasteiger charge is 2.39. The summed E-state index contributed by atoms with van der Waals surface area (Å²) in [5.74, 6) is -0.810. The Morgan fingerprint density at radius 2 is 1.75 bits per heavy atom. The van der Waals surface area contributed by atoms with E-state index in [1.165, 1.54) is 6.92 Å². The topological polar surface area (TPSA) is 90.0 Å². The smallest absolute Gasteiger partial charge is 0.331 e. The van der Waals surface area contributed by atoms with Crippen LogP contribution < -0.4 is 5.32 Å². The van der Waals surface area contributed by atoms with Crippen molar-refractivity contribution in [1.82, 2.24) is 15.1 Å².